The summed E-state index contributed by atoms with van der Waals surface area (Å²) in [5.41, 5.74) is 1.77. The first-order valence-corrected chi connectivity index (χ1v) is 6.81. The molecule has 0 atom stereocenters. The Hall–Kier alpha value is -1.10. The summed E-state index contributed by atoms with van der Waals surface area (Å²) >= 11 is 14.6. The first-order chi connectivity index (χ1) is 8.65. The highest BCUT2D eigenvalue weighted by atomic mass is 79.9. The molecule has 0 amide bonds. The number of halogens is 2. The van der Waals surface area contributed by atoms with Gasteiger partial charge in [0.1, 0.15) is 0 Å². The van der Waals surface area contributed by atoms with Crippen molar-refractivity contribution in [1.29, 1.82) is 0 Å². The predicted octanol–water partition coefficient (Wildman–Crippen LogP) is 4.91. The van der Waals surface area contributed by atoms with Gasteiger partial charge in [0.05, 0.1) is 5.69 Å². The summed E-state index contributed by atoms with van der Waals surface area (Å²) in [5, 5.41) is 7.37. The van der Waals surface area contributed by atoms with E-state index in [-0.39, 0.29) is 0 Å². The van der Waals surface area contributed by atoms with E-state index in [1.165, 1.54) is 0 Å². The Morgan fingerprint density at radius 3 is 2.56 bits per heavy atom. The van der Waals surface area contributed by atoms with Gasteiger partial charge in [-0.2, -0.15) is 0 Å². The van der Waals surface area contributed by atoms with Gasteiger partial charge in [0.25, 0.3) is 0 Å². The maximum absolute atomic E-state index is 5.90. The van der Waals surface area contributed by atoms with E-state index in [9.17, 15) is 0 Å². The van der Waals surface area contributed by atoms with Gasteiger partial charge < -0.3 is 10.6 Å². The third-order valence-electron chi connectivity index (χ3n) is 2.20. The van der Waals surface area contributed by atoms with Crippen LogP contribution in [0.3, 0.4) is 0 Å². The summed E-state index contributed by atoms with van der Waals surface area (Å²) in [6.07, 6.45) is 0. The van der Waals surface area contributed by atoms with Gasteiger partial charge in [0.15, 0.2) is 5.11 Å². The minimum Gasteiger partial charge on any atom is -0.332 e. The standard InChI is InChI=1S/C13H10BrClN2S/c14-11-6-1-2-7-12(11)17-13(18)16-10-5-3-4-9(15)8-10/h1-8H,(H2,16,17,18). The van der Waals surface area contributed by atoms with Gasteiger partial charge in [0.2, 0.25) is 0 Å². The number of anilines is 2. The van der Waals surface area contributed by atoms with E-state index in [4.69, 9.17) is 23.8 Å². The van der Waals surface area contributed by atoms with Crippen molar-refractivity contribution in [2.75, 3.05) is 10.6 Å². The molecule has 0 fully saturated rings. The van der Waals surface area contributed by atoms with Crippen molar-refractivity contribution in [1.82, 2.24) is 0 Å². The summed E-state index contributed by atoms with van der Waals surface area (Å²) in [6.45, 7) is 0. The van der Waals surface area contributed by atoms with Crippen molar-refractivity contribution in [2.45, 2.75) is 0 Å². The predicted molar refractivity (Wildman–Crippen MR) is 85.4 cm³/mol. The zero-order valence-corrected chi connectivity index (χ0v) is 12.4. The molecule has 0 saturated heterocycles. The first-order valence-electron chi connectivity index (χ1n) is 5.23. The average Bonchev–Trinajstić information content (AvgIpc) is 2.32. The summed E-state index contributed by atoms with van der Waals surface area (Å²) in [6, 6.07) is 15.2. The molecule has 2 aromatic carbocycles. The molecule has 5 heteroatoms. The van der Waals surface area contributed by atoms with Crippen LogP contribution in [0.15, 0.2) is 53.0 Å². The molecule has 2 rings (SSSR count). The number of rotatable bonds is 2. The Kier molecular flexibility index (Phi) is 4.58. The molecule has 0 spiro atoms. The van der Waals surface area contributed by atoms with E-state index < -0.39 is 0 Å². The molecular weight excluding hydrogens is 332 g/mol. The third-order valence-corrected chi connectivity index (χ3v) is 3.34. The Morgan fingerprint density at radius 1 is 1.06 bits per heavy atom. The quantitative estimate of drug-likeness (QED) is 0.759. The van der Waals surface area contributed by atoms with Crippen LogP contribution in [0.4, 0.5) is 11.4 Å². The smallest absolute Gasteiger partial charge is 0.175 e. The highest BCUT2D eigenvalue weighted by molar-refractivity contribution is 9.10. The van der Waals surface area contributed by atoms with Crippen LogP contribution in [0.2, 0.25) is 5.02 Å². The molecule has 0 heterocycles. The number of para-hydroxylation sites is 1. The van der Waals surface area contributed by atoms with E-state index >= 15 is 0 Å². The van der Waals surface area contributed by atoms with Gasteiger partial charge in [0, 0.05) is 15.2 Å². The van der Waals surface area contributed by atoms with Gasteiger partial charge in [-0.05, 0) is 58.5 Å². The summed E-state index contributed by atoms with van der Waals surface area (Å²) < 4.78 is 0.959. The number of hydrogen-bond acceptors (Lipinski definition) is 1. The van der Waals surface area contributed by atoms with E-state index in [0.29, 0.717) is 10.1 Å². The largest absolute Gasteiger partial charge is 0.332 e. The minimum atomic E-state index is 0.518. The van der Waals surface area contributed by atoms with Gasteiger partial charge >= 0.3 is 0 Å². The molecule has 0 aliphatic rings. The summed E-state index contributed by atoms with van der Waals surface area (Å²) in [5.74, 6) is 0. The van der Waals surface area contributed by atoms with Gasteiger partial charge in [-0.15, -0.1) is 0 Å². The second-order valence-corrected chi connectivity index (χ2v) is 5.27. The molecule has 0 saturated carbocycles. The molecule has 0 bridgehead atoms. The first kappa shape index (κ1) is 13.3. The van der Waals surface area contributed by atoms with Crippen LogP contribution in [0.1, 0.15) is 0 Å². The molecule has 2 aromatic rings. The van der Waals surface area contributed by atoms with Crippen LogP contribution in [-0.2, 0) is 0 Å². The zero-order chi connectivity index (χ0) is 13.0. The Bertz CT molecular complexity index is 574. The molecule has 92 valence electrons. The molecule has 0 unspecified atom stereocenters. The second-order valence-electron chi connectivity index (χ2n) is 3.57. The number of hydrogen-bond donors (Lipinski definition) is 2. The van der Waals surface area contributed by atoms with Gasteiger partial charge in [-0.3, -0.25) is 0 Å². The van der Waals surface area contributed by atoms with Crippen LogP contribution in [0.5, 0.6) is 0 Å². The van der Waals surface area contributed by atoms with Crippen molar-refractivity contribution >= 4 is 56.2 Å². The van der Waals surface area contributed by atoms with Gasteiger partial charge in [-0.1, -0.05) is 29.8 Å². The molecule has 18 heavy (non-hydrogen) atoms. The molecule has 0 aliphatic carbocycles. The fourth-order valence-electron chi connectivity index (χ4n) is 1.41. The van der Waals surface area contributed by atoms with E-state index in [2.05, 4.69) is 26.6 Å². The SMILES string of the molecule is S=C(Nc1cccc(Cl)c1)Nc1ccccc1Br. The van der Waals surface area contributed by atoms with Crippen molar-refractivity contribution in [2.24, 2.45) is 0 Å². The highest BCUT2D eigenvalue weighted by Crippen LogP contribution is 2.21. The molecule has 2 nitrogen and oxygen atoms in total. The monoisotopic (exact) mass is 340 g/mol. The minimum absolute atomic E-state index is 0.518. The molecule has 2 N–H and O–H groups in total. The fourth-order valence-corrected chi connectivity index (χ4v) is 2.22. The van der Waals surface area contributed by atoms with Crippen molar-refractivity contribution < 1.29 is 0 Å². The summed E-state index contributed by atoms with van der Waals surface area (Å²) in [4.78, 5) is 0. The maximum Gasteiger partial charge on any atom is 0.175 e. The maximum atomic E-state index is 5.90. The fraction of sp³-hybridized carbons (Fsp3) is 0. The molecule has 0 radical (unpaired) electrons. The van der Waals surface area contributed by atoms with Crippen LogP contribution in [0.25, 0.3) is 0 Å². The van der Waals surface area contributed by atoms with Crippen molar-refractivity contribution in [3.63, 3.8) is 0 Å². The highest BCUT2D eigenvalue weighted by Gasteiger charge is 2.02. The van der Waals surface area contributed by atoms with Crippen LogP contribution < -0.4 is 10.6 Å². The Morgan fingerprint density at radius 2 is 1.83 bits per heavy atom. The van der Waals surface area contributed by atoms with Crippen molar-refractivity contribution in [3.8, 4) is 0 Å². The number of nitrogens with one attached hydrogen (secondary N) is 2. The lowest BCUT2D eigenvalue weighted by atomic mass is 10.3. The lowest BCUT2D eigenvalue weighted by Gasteiger charge is -2.11. The number of thiocarbonyl (C=S) groups is 1. The van der Waals surface area contributed by atoms with Gasteiger partial charge in [-0.25, -0.2) is 0 Å². The normalized spacial score (nSPS) is 9.89. The zero-order valence-electron chi connectivity index (χ0n) is 9.28. The second kappa shape index (κ2) is 6.18. The third kappa shape index (κ3) is 3.70. The molecular formula is C13H10BrClN2S. The van der Waals surface area contributed by atoms with Crippen LogP contribution >= 0.6 is 39.7 Å². The summed E-state index contributed by atoms with van der Waals surface area (Å²) in [7, 11) is 0. The van der Waals surface area contributed by atoms with E-state index in [1.54, 1.807) is 0 Å². The molecule has 0 aromatic heterocycles. The van der Waals surface area contributed by atoms with Crippen LogP contribution in [0, 0.1) is 0 Å². The number of benzene rings is 2. The Labute approximate surface area is 124 Å². The Balaban J connectivity index is 2.03. The van der Waals surface area contributed by atoms with E-state index in [0.717, 1.165) is 15.8 Å². The van der Waals surface area contributed by atoms with E-state index in [1.807, 2.05) is 48.5 Å². The van der Waals surface area contributed by atoms with Crippen molar-refractivity contribution in [3.05, 3.63) is 58.0 Å². The lowest BCUT2D eigenvalue weighted by molar-refractivity contribution is 1.57. The molecule has 0 aliphatic heterocycles. The topological polar surface area (TPSA) is 24.1 Å². The average molecular weight is 342 g/mol. The lowest BCUT2D eigenvalue weighted by Crippen LogP contribution is -2.19. The van der Waals surface area contributed by atoms with Crippen LogP contribution in [-0.4, -0.2) is 5.11 Å².